The highest BCUT2D eigenvalue weighted by Crippen LogP contribution is 2.36. The Kier molecular flexibility index (Phi) is 7.30. The summed E-state index contributed by atoms with van der Waals surface area (Å²) in [6.45, 7) is 1.00. The molecule has 0 saturated carbocycles. The molecule has 0 bridgehead atoms. The van der Waals surface area contributed by atoms with E-state index in [1.165, 1.54) is 11.3 Å². The first-order chi connectivity index (χ1) is 16.2. The fraction of sp³-hybridized carbons (Fsp3) is 0.417. The third-order valence-corrected chi connectivity index (χ3v) is 10.00. The van der Waals surface area contributed by atoms with E-state index in [9.17, 15) is 18.3 Å². The van der Waals surface area contributed by atoms with E-state index in [2.05, 4.69) is 4.99 Å². The number of benzene rings is 2. The lowest BCUT2D eigenvalue weighted by Crippen LogP contribution is -2.57. The number of sulfone groups is 1. The molecule has 4 rings (SSSR count). The van der Waals surface area contributed by atoms with Gasteiger partial charge in [0.15, 0.2) is 14.6 Å². The molecular formula is C24H29ClN3O4S2+. The lowest BCUT2D eigenvalue weighted by atomic mass is 10.1. The van der Waals surface area contributed by atoms with E-state index < -0.39 is 9.84 Å². The van der Waals surface area contributed by atoms with Crippen LogP contribution in [0.5, 0.6) is 0 Å². The molecule has 0 unspecified atom stereocenters. The zero-order valence-electron chi connectivity index (χ0n) is 19.3. The second-order valence-corrected chi connectivity index (χ2v) is 12.2. The highest BCUT2D eigenvalue weighted by atomic mass is 35.5. The number of aromatic nitrogens is 1. The number of hydrogen-bond donors (Lipinski definition) is 1. The lowest BCUT2D eigenvalue weighted by molar-refractivity contribution is -0.130. The first kappa shape index (κ1) is 25.1. The van der Waals surface area contributed by atoms with Crippen LogP contribution in [-0.2, 0) is 28.3 Å². The summed E-state index contributed by atoms with van der Waals surface area (Å²) in [4.78, 5) is 18.9. The monoisotopic (exact) mass is 522 g/mol. The van der Waals surface area contributed by atoms with Crippen molar-refractivity contribution in [3.05, 3.63) is 51.9 Å². The number of carbonyl (C=O) groups is 1. The van der Waals surface area contributed by atoms with Gasteiger partial charge in [0.05, 0.1) is 36.8 Å². The van der Waals surface area contributed by atoms with E-state index in [4.69, 9.17) is 11.6 Å². The highest BCUT2D eigenvalue weighted by Gasteiger charge is 2.44. The molecule has 10 heteroatoms. The maximum absolute atomic E-state index is 13.7. The molecule has 0 aliphatic carbocycles. The first-order valence-electron chi connectivity index (χ1n) is 11.3. The van der Waals surface area contributed by atoms with E-state index >= 15 is 0 Å². The van der Waals surface area contributed by atoms with E-state index in [0.717, 1.165) is 39.8 Å². The van der Waals surface area contributed by atoms with Crippen LogP contribution >= 0.6 is 22.9 Å². The molecular weight excluding hydrogens is 494 g/mol. The molecule has 1 aliphatic rings. The minimum absolute atomic E-state index is 0.0790. The zero-order valence-corrected chi connectivity index (χ0v) is 21.7. The molecule has 2 heterocycles. The Bertz CT molecular complexity index is 1400. The molecule has 34 heavy (non-hydrogen) atoms. The van der Waals surface area contributed by atoms with Crippen molar-refractivity contribution in [1.29, 1.82) is 0 Å². The summed E-state index contributed by atoms with van der Waals surface area (Å²) in [7, 11) is -0.148. The van der Waals surface area contributed by atoms with Crippen LogP contribution in [0.15, 0.2) is 46.3 Å². The number of hydrogen-bond acceptors (Lipinski definition) is 6. The number of aliphatic hydroxyl groups excluding tert-OH is 1. The Hall–Kier alpha value is -2.04. The van der Waals surface area contributed by atoms with Gasteiger partial charge >= 0.3 is 5.91 Å². The summed E-state index contributed by atoms with van der Waals surface area (Å²) in [6.07, 6.45) is 2.68. The maximum atomic E-state index is 13.7. The van der Waals surface area contributed by atoms with Crippen LogP contribution in [0.4, 0.5) is 5.00 Å². The fourth-order valence-corrected chi connectivity index (χ4v) is 7.47. The Morgan fingerprint density at radius 2 is 1.82 bits per heavy atom. The largest absolute Gasteiger partial charge is 0.390 e. The smallest absolute Gasteiger partial charge is 0.320 e. The van der Waals surface area contributed by atoms with Crippen molar-refractivity contribution in [2.24, 2.45) is 12.0 Å². The zero-order chi connectivity index (χ0) is 24.5. The summed E-state index contributed by atoms with van der Waals surface area (Å²) < 4.78 is 28.2. The molecule has 0 atom stereocenters. The van der Waals surface area contributed by atoms with Crippen molar-refractivity contribution < 1.29 is 18.3 Å². The van der Waals surface area contributed by atoms with Gasteiger partial charge in [-0.05, 0) is 65.6 Å². The number of quaternary nitrogens is 1. The number of nitrogens with zero attached hydrogens (tertiary/aromatic N) is 3. The molecule has 7 nitrogen and oxygen atoms in total. The van der Waals surface area contributed by atoms with Crippen LogP contribution in [0.2, 0.25) is 5.02 Å². The molecule has 1 fully saturated rings. The van der Waals surface area contributed by atoms with Gasteiger partial charge in [-0.3, -0.25) is 4.99 Å². The number of amides is 1. The Labute approximate surface area is 208 Å². The number of piperidine rings is 1. The molecule has 1 aliphatic heterocycles. The number of aliphatic hydroxyl groups is 1. The summed E-state index contributed by atoms with van der Waals surface area (Å²) in [5, 5.41) is 13.1. The second kappa shape index (κ2) is 9.91. The molecule has 1 amide bonds. The van der Waals surface area contributed by atoms with E-state index in [-0.39, 0.29) is 34.1 Å². The molecule has 0 radical (unpaired) electrons. The number of rotatable bonds is 6. The quantitative estimate of drug-likeness (QED) is 0.499. The summed E-state index contributed by atoms with van der Waals surface area (Å²) in [5.74, 6) is -0.392. The van der Waals surface area contributed by atoms with Gasteiger partial charge in [-0.15, -0.1) is 0 Å². The van der Waals surface area contributed by atoms with Crippen LogP contribution in [-0.4, -0.2) is 49.9 Å². The third-order valence-electron chi connectivity index (χ3n) is 6.63. The van der Waals surface area contributed by atoms with E-state index in [1.807, 2.05) is 11.6 Å². The van der Waals surface area contributed by atoms with Crippen molar-refractivity contribution in [3.8, 4) is 0 Å². The minimum atomic E-state index is -3.66. The topological polar surface area (TPSA) is 88.7 Å². The Balaban J connectivity index is 1.64. The maximum Gasteiger partial charge on any atom is 0.320 e. The molecule has 1 aromatic heterocycles. The van der Waals surface area contributed by atoms with E-state index in [1.54, 1.807) is 43.4 Å². The Morgan fingerprint density at radius 3 is 2.50 bits per heavy atom. The van der Waals surface area contributed by atoms with Crippen molar-refractivity contribution in [1.82, 2.24) is 9.05 Å². The minimum Gasteiger partial charge on any atom is -0.390 e. The molecule has 182 valence electrons. The summed E-state index contributed by atoms with van der Waals surface area (Å²) in [5.41, 5.74) is 0.664. The molecule has 0 spiro atoms. The SMILES string of the molecule is C/N=c1\sc([N+]2(C(=O)CCS(=O)(=O)c3ccc4cc(Cl)ccc4c3)CCCCC2)c(CO)n1C. The van der Waals surface area contributed by atoms with Crippen molar-refractivity contribution in [3.63, 3.8) is 0 Å². The average molecular weight is 523 g/mol. The molecule has 1 saturated heterocycles. The number of fused-ring (bicyclic) bond motifs is 1. The average Bonchev–Trinajstić information content (AvgIpc) is 3.18. The Morgan fingerprint density at radius 1 is 1.15 bits per heavy atom. The van der Waals surface area contributed by atoms with Crippen LogP contribution < -0.4 is 9.28 Å². The van der Waals surface area contributed by atoms with Gasteiger partial charge in [0.25, 0.3) is 0 Å². The van der Waals surface area contributed by atoms with Crippen LogP contribution in [0.25, 0.3) is 10.8 Å². The summed E-state index contributed by atoms with van der Waals surface area (Å²) in [6, 6.07) is 10.3. The van der Waals surface area contributed by atoms with Crippen LogP contribution in [0, 0.1) is 0 Å². The van der Waals surface area contributed by atoms with Crippen molar-refractivity contribution in [2.45, 2.75) is 37.2 Å². The predicted molar refractivity (Wildman–Crippen MR) is 137 cm³/mol. The van der Waals surface area contributed by atoms with Crippen molar-refractivity contribution in [2.75, 3.05) is 25.9 Å². The lowest BCUT2D eigenvalue weighted by Gasteiger charge is -2.37. The molecule has 1 N–H and O–H groups in total. The van der Waals surface area contributed by atoms with E-state index in [0.29, 0.717) is 23.8 Å². The molecule has 2 aromatic carbocycles. The van der Waals surface area contributed by atoms with Crippen LogP contribution in [0.3, 0.4) is 0 Å². The number of thiazole rings is 1. The molecule has 3 aromatic rings. The highest BCUT2D eigenvalue weighted by molar-refractivity contribution is 7.91. The normalized spacial score (nSPS) is 16.8. The second-order valence-electron chi connectivity index (χ2n) is 8.67. The van der Waals surface area contributed by atoms with Gasteiger partial charge in [0, 0.05) is 19.1 Å². The van der Waals surface area contributed by atoms with Gasteiger partial charge in [-0.2, -0.15) is 0 Å². The number of halogens is 1. The first-order valence-corrected chi connectivity index (χ1v) is 14.1. The van der Waals surface area contributed by atoms with Gasteiger partial charge in [-0.1, -0.05) is 23.7 Å². The third kappa shape index (κ3) is 4.59. The van der Waals surface area contributed by atoms with Gasteiger partial charge in [0.2, 0.25) is 5.00 Å². The van der Waals surface area contributed by atoms with Gasteiger partial charge in [0.1, 0.15) is 5.69 Å². The standard InChI is InChI=1S/C24H29ClN3O4S2/c1-26-24-27(2)21(16-29)23(33-24)28(11-4-3-5-12-28)22(30)10-13-34(31,32)20-9-7-17-14-19(25)8-6-18(17)15-20/h6-9,14-15,29H,3-5,10-13,16H2,1-2H3/q+1/b26-24-. The number of carbonyl (C=O) groups excluding carboxylic acids is 1. The van der Waals surface area contributed by atoms with Gasteiger partial charge in [-0.25, -0.2) is 17.7 Å². The predicted octanol–water partition coefficient (Wildman–Crippen LogP) is 3.80. The van der Waals surface area contributed by atoms with Crippen LogP contribution in [0.1, 0.15) is 31.4 Å². The summed E-state index contributed by atoms with van der Waals surface area (Å²) >= 11 is 7.44. The fourth-order valence-electron chi connectivity index (χ4n) is 4.74. The number of likely N-dealkylation sites (tertiary alicyclic amines) is 1. The van der Waals surface area contributed by atoms with Crippen molar-refractivity contribution >= 4 is 54.5 Å². The van der Waals surface area contributed by atoms with Gasteiger partial charge < -0.3 is 9.67 Å².